The van der Waals surface area contributed by atoms with Crippen LogP contribution in [0, 0.1) is 6.92 Å². The molecule has 2 aromatic heterocycles. The Morgan fingerprint density at radius 3 is 2.83 bits per heavy atom. The number of nitrogens with zero attached hydrogens (tertiary/aromatic N) is 5. The van der Waals surface area contributed by atoms with E-state index in [0.717, 1.165) is 24.4 Å². The van der Waals surface area contributed by atoms with Gasteiger partial charge >= 0.3 is 0 Å². The van der Waals surface area contributed by atoms with Crippen molar-refractivity contribution < 1.29 is 4.74 Å². The lowest BCUT2D eigenvalue weighted by molar-refractivity contribution is 0.329. The molecule has 1 fully saturated rings. The molecule has 1 unspecified atom stereocenters. The first-order valence-corrected chi connectivity index (χ1v) is 9.75. The molecule has 1 aromatic carbocycles. The molecule has 29 heavy (non-hydrogen) atoms. The Kier molecular flexibility index (Phi) is 5.53. The number of aryl methyl sites for hydroxylation is 1. The summed E-state index contributed by atoms with van der Waals surface area (Å²) in [5, 5.41) is 3.55. The standard InChI is InChI=1S/C21H24N6O2/c1-3-29-18-7-5-4-6-16(18)17-14-26(13-12-23-17)21-24-11-9-20(28)27(21)19-8-10-22-15(2)25-19/h4-11,17,23H,3,12-14H2,1-2H3. The largest absolute Gasteiger partial charge is 0.494 e. The van der Waals surface area contributed by atoms with E-state index in [4.69, 9.17) is 4.74 Å². The van der Waals surface area contributed by atoms with Crippen LogP contribution in [0.4, 0.5) is 5.95 Å². The minimum absolute atomic E-state index is 0.0594. The predicted molar refractivity (Wildman–Crippen MR) is 111 cm³/mol. The first-order valence-electron chi connectivity index (χ1n) is 9.75. The van der Waals surface area contributed by atoms with Gasteiger partial charge in [-0.1, -0.05) is 18.2 Å². The molecule has 1 aliphatic rings. The van der Waals surface area contributed by atoms with E-state index >= 15 is 0 Å². The molecule has 3 aromatic rings. The third-order valence-corrected chi connectivity index (χ3v) is 4.87. The molecule has 4 rings (SSSR count). The topological polar surface area (TPSA) is 85.2 Å². The van der Waals surface area contributed by atoms with E-state index in [9.17, 15) is 4.79 Å². The summed E-state index contributed by atoms with van der Waals surface area (Å²) in [5.41, 5.74) is 0.930. The number of hydrogen-bond acceptors (Lipinski definition) is 7. The molecule has 0 spiro atoms. The molecule has 0 saturated carbocycles. The Hall–Kier alpha value is -3.26. The summed E-state index contributed by atoms with van der Waals surface area (Å²) in [7, 11) is 0. The lowest BCUT2D eigenvalue weighted by Crippen LogP contribution is -2.48. The van der Waals surface area contributed by atoms with Crippen LogP contribution >= 0.6 is 0 Å². The zero-order chi connectivity index (χ0) is 20.2. The zero-order valence-corrected chi connectivity index (χ0v) is 16.6. The normalized spacial score (nSPS) is 16.6. The van der Waals surface area contributed by atoms with Crippen LogP contribution in [0.5, 0.6) is 5.75 Å². The molecule has 8 heteroatoms. The highest BCUT2D eigenvalue weighted by molar-refractivity contribution is 5.43. The molecule has 1 aliphatic heterocycles. The van der Waals surface area contributed by atoms with Crippen LogP contribution in [0.15, 0.2) is 53.6 Å². The number of para-hydroxylation sites is 1. The van der Waals surface area contributed by atoms with Crippen molar-refractivity contribution in [2.45, 2.75) is 19.9 Å². The summed E-state index contributed by atoms with van der Waals surface area (Å²) in [4.78, 5) is 27.9. The van der Waals surface area contributed by atoms with Crippen molar-refractivity contribution in [3.8, 4) is 11.6 Å². The quantitative estimate of drug-likeness (QED) is 0.710. The molecule has 0 radical (unpaired) electrons. The SMILES string of the molecule is CCOc1ccccc1C1CN(c2nccc(=O)n2-c2ccnc(C)n2)CCN1. The molecule has 150 valence electrons. The van der Waals surface area contributed by atoms with E-state index in [1.807, 2.05) is 25.1 Å². The van der Waals surface area contributed by atoms with Crippen molar-refractivity contribution in [1.29, 1.82) is 0 Å². The van der Waals surface area contributed by atoms with Crippen molar-refractivity contribution >= 4 is 5.95 Å². The van der Waals surface area contributed by atoms with Crippen molar-refractivity contribution in [2.24, 2.45) is 0 Å². The van der Waals surface area contributed by atoms with Crippen LogP contribution in [0.3, 0.4) is 0 Å². The molecule has 0 amide bonds. The molecule has 1 saturated heterocycles. The highest BCUT2D eigenvalue weighted by Gasteiger charge is 2.26. The van der Waals surface area contributed by atoms with E-state index in [1.165, 1.54) is 6.07 Å². The molecule has 1 atom stereocenters. The number of hydrogen-bond donors (Lipinski definition) is 1. The van der Waals surface area contributed by atoms with Crippen LogP contribution in [0.1, 0.15) is 24.4 Å². The fourth-order valence-electron chi connectivity index (χ4n) is 3.60. The first kappa shape index (κ1) is 19.1. The highest BCUT2D eigenvalue weighted by Crippen LogP contribution is 2.28. The molecule has 0 aliphatic carbocycles. The number of ether oxygens (including phenoxy) is 1. The van der Waals surface area contributed by atoms with Crippen molar-refractivity contribution in [3.05, 3.63) is 70.5 Å². The molecular formula is C21H24N6O2. The molecule has 3 heterocycles. The monoisotopic (exact) mass is 392 g/mol. The maximum atomic E-state index is 12.7. The van der Waals surface area contributed by atoms with Gasteiger partial charge < -0.3 is 15.0 Å². The Balaban J connectivity index is 1.70. The summed E-state index contributed by atoms with van der Waals surface area (Å²) in [6, 6.07) is 11.3. The number of aromatic nitrogens is 4. The second kappa shape index (κ2) is 8.40. The van der Waals surface area contributed by atoms with Crippen molar-refractivity contribution in [3.63, 3.8) is 0 Å². The van der Waals surface area contributed by atoms with E-state index in [2.05, 4.69) is 31.2 Å². The second-order valence-electron chi connectivity index (χ2n) is 6.80. The Morgan fingerprint density at radius 2 is 2.00 bits per heavy atom. The van der Waals surface area contributed by atoms with Gasteiger partial charge in [-0.05, 0) is 26.0 Å². The number of anilines is 1. The summed E-state index contributed by atoms with van der Waals surface area (Å²) >= 11 is 0. The van der Waals surface area contributed by atoms with Crippen LogP contribution in [0.2, 0.25) is 0 Å². The van der Waals surface area contributed by atoms with Gasteiger partial charge in [0.1, 0.15) is 17.4 Å². The van der Waals surface area contributed by atoms with Crippen LogP contribution in [0.25, 0.3) is 5.82 Å². The third kappa shape index (κ3) is 3.97. The van der Waals surface area contributed by atoms with E-state index in [1.54, 1.807) is 30.0 Å². The van der Waals surface area contributed by atoms with Crippen molar-refractivity contribution in [2.75, 3.05) is 31.1 Å². The fraction of sp³-hybridized carbons (Fsp3) is 0.333. The minimum Gasteiger partial charge on any atom is -0.494 e. The molecule has 8 nitrogen and oxygen atoms in total. The van der Waals surface area contributed by atoms with Gasteiger partial charge in [0.15, 0.2) is 0 Å². The number of piperazine rings is 1. The smallest absolute Gasteiger partial charge is 0.260 e. The number of benzene rings is 1. The molecule has 0 bridgehead atoms. The third-order valence-electron chi connectivity index (χ3n) is 4.87. The van der Waals surface area contributed by atoms with Gasteiger partial charge in [-0.3, -0.25) is 4.79 Å². The average molecular weight is 392 g/mol. The second-order valence-corrected chi connectivity index (χ2v) is 6.80. The summed E-state index contributed by atoms with van der Waals surface area (Å²) in [5.74, 6) is 2.58. The number of nitrogens with one attached hydrogen (secondary N) is 1. The number of rotatable bonds is 5. The van der Waals surface area contributed by atoms with Crippen LogP contribution in [-0.2, 0) is 0 Å². The van der Waals surface area contributed by atoms with Gasteiger partial charge in [0.2, 0.25) is 5.95 Å². The molecular weight excluding hydrogens is 368 g/mol. The van der Waals surface area contributed by atoms with E-state index in [0.29, 0.717) is 30.7 Å². The average Bonchev–Trinajstić information content (AvgIpc) is 2.74. The van der Waals surface area contributed by atoms with Gasteiger partial charge in [-0.15, -0.1) is 0 Å². The molecule has 1 N–H and O–H groups in total. The maximum absolute atomic E-state index is 12.7. The Bertz CT molecular complexity index is 1050. The maximum Gasteiger partial charge on any atom is 0.260 e. The van der Waals surface area contributed by atoms with E-state index < -0.39 is 0 Å². The Morgan fingerprint density at radius 1 is 1.17 bits per heavy atom. The van der Waals surface area contributed by atoms with Gasteiger partial charge in [0.05, 0.1) is 12.6 Å². The minimum atomic E-state index is -0.169. The lowest BCUT2D eigenvalue weighted by Gasteiger charge is -2.35. The zero-order valence-electron chi connectivity index (χ0n) is 16.6. The summed E-state index contributed by atoms with van der Waals surface area (Å²) < 4.78 is 7.36. The van der Waals surface area contributed by atoms with Crippen LogP contribution in [-0.4, -0.2) is 45.8 Å². The van der Waals surface area contributed by atoms with Gasteiger partial charge in [0, 0.05) is 43.7 Å². The highest BCUT2D eigenvalue weighted by atomic mass is 16.5. The lowest BCUT2D eigenvalue weighted by atomic mass is 10.0. The van der Waals surface area contributed by atoms with Gasteiger partial charge in [-0.2, -0.15) is 0 Å². The summed E-state index contributed by atoms with van der Waals surface area (Å²) in [6.45, 7) is 6.54. The van der Waals surface area contributed by atoms with Gasteiger partial charge in [-0.25, -0.2) is 19.5 Å². The van der Waals surface area contributed by atoms with Gasteiger partial charge in [0.25, 0.3) is 5.56 Å². The van der Waals surface area contributed by atoms with Crippen LogP contribution < -0.4 is 20.5 Å². The Labute approximate surface area is 169 Å². The van der Waals surface area contributed by atoms with E-state index in [-0.39, 0.29) is 11.6 Å². The predicted octanol–water partition coefficient (Wildman–Crippen LogP) is 1.88. The first-order chi connectivity index (χ1) is 14.2. The fourth-order valence-corrected chi connectivity index (χ4v) is 3.60. The van der Waals surface area contributed by atoms with Crippen molar-refractivity contribution in [1.82, 2.24) is 24.8 Å². The summed E-state index contributed by atoms with van der Waals surface area (Å²) in [6.07, 6.45) is 3.20.